The van der Waals surface area contributed by atoms with E-state index in [2.05, 4.69) is 6.58 Å². The molecule has 1 aliphatic rings. The van der Waals surface area contributed by atoms with Crippen LogP contribution in [0.3, 0.4) is 0 Å². The Kier molecular flexibility index (Phi) is 4.13. The van der Waals surface area contributed by atoms with Gasteiger partial charge >= 0.3 is 5.97 Å². The van der Waals surface area contributed by atoms with E-state index in [1.54, 1.807) is 6.08 Å². The normalized spacial score (nSPS) is 22.2. The maximum atomic E-state index is 11.6. The summed E-state index contributed by atoms with van der Waals surface area (Å²) in [5.74, 6) is -0.550. The lowest BCUT2D eigenvalue weighted by molar-refractivity contribution is -0.155. The van der Waals surface area contributed by atoms with E-state index in [9.17, 15) is 9.90 Å². The SMILES string of the molecule is C=CC(=O)OC1C=Cc2ccccc2C1(O)Cc1ccccc1. The maximum Gasteiger partial charge on any atom is 0.330 e. The molecule has 0 spiro atoms. The molecular weight excluding hydrogens is 288 g/mol. The van der Waals surface area contributed by atoms with Crippen molar-refractivity contribution < 1.29 is 14.6 Å². The molecule has 23 heavy (non-hydrogen) atoms. The van der Waals surface area contributed by atoms with Gasteiger partial charge < -0.3 is 9.84 Å². The van der Waals surface area contributed by atoms with Crippen LogP contribution in [0.4, 0.5) is 0 Å². The number of hydrogen-bond acceptors (Lipinski definition) is 3. The highest BCUT2D eigenvalue weighted by molar-refractivity contribution is 5.81. The molecule has 2 aromatic carbocycles. The summed E-state index contributed by atoms with van der Waals surface area (Å²) in [5.41, 5.74) is 1.34. The van der Waals surface area contributed by atoms with Gasteiger partial charge in [-0.25, -0.2) is 4.79 Å². The van der Waals surface area contributed by atoms with Gasteiger partial charge in [0.1, 0.15) is 5.60 Å². The number of carbonyl (C=O) groups excluding carboxylic acids is 1. The third kappa shape index (κ3) is 2.96. The first-order chi connectivity index (χ1) is 11.1. The molecule has 1 aliphatic carbocycles. The van der Waals surface area contributed by atoms with E-state index in [0.29, 0.717) is 6.42 Å². The van der Waals surface area contributed by atoms with Crippen LogP contribution in [-0.4, -0.2) is 17.2 Å². The van der Waals surface area contributed by atoms with Crippen molar-refractivity contribution in [2.45, 2.75) is 18.1 Å². The van der Waals surface area contributed by atoms with E-state index in [4.69, 9.17) is 4.74 Å². The Bertz CT molecular complexity index is 748. The Labute approximate surface area is 135 Å². The second-order valence-electron chi connectivity index (χ2n) is 5.59. The van der Waals surface area contributed by atoms with Gasteiger partial charge in [-0.3, -0.25) is 0 Å². The van der Waals surface area contributed by atoms with Gasteiger partial charge in [0.2, 0.25) is 0 Å². The third-order valence-electron chi connectivity index (χ3n) is 4.07. The first-order valence-electron chi connectivity index (χ1n) is 7.50. The zero-order valence-electron chi connectivity index (χ0n) is 12.7. The first-order valence-corrected chi connectivity index (χ1v) is 7.50. The van der Waals surface area contributed by atoms with Crippen LogP contribution < -0.4 is 0 Å². The van der Waals surface area contributed by atoms with Gasteiger partial charge in [0.15, 0.2) is 6.10 Å². The second-order valence-corrected chi connectivity index (χ2v) is 5.59. The molecule has 0 fully saturated rings. The third-order valence-corrected chi connectivity index (χ3v) is 4.07. The molecular formula is C20H18O3. The average molecular weight is 306 g/mol. The number of ether oxygens (including phenoxy) is 1. The topological polar surface area (TPSA) is 46.5 Å². The summed E-state index contributed by atoms with van der Waals surface area (Å²) in [6.45, 7) is 3.42. The van der Waals surface area contributed by atoms with Gasteiger partial charge in [-0.1, -0.05) is 67.3 Å². The zero-order valence-corrected chi connectivity index (χ0v) is 12.7. The molecule has 3 nitrogen and oxygen atoms in total. The van der Waals surface area contributed by atoms with Crippen LogP contribution in [0.1, 0.15) is 16.7 Å². The van der Waals surface area contributed by atoms with Crippen LogP contribution >= 0.6 is 0 Å². The van der Waals surface area contributed by atoms with Crippen LogP contribution in [-0.2, 0) is 21.6 Å². The van der Waals surface area contributed by atoms with Crippen LogP contribution in [0.25, 0.3) is 6.08 Å². The molecule has 1 N–H and O–H groups in total. The number of hydrogen-bond donors (Lipinski definition) is 1. The number of benzene rings is 2. The van der Waals surface area contributed by atoms with Crippen molar-refractivity contribution in [1.29, 1.82) is 0 Å². The molecule has 0 aliphatic heterocycles. The maximum absolute atomic E-state index is 11.6. The molecule has 3 heteroatoms. The van der Waals surface area contributed by atoms with E-state index in [-0.39, 0.29) is 0 Å². The molecule has 2 aromatic rings. The highest BCUT2D eigenvalue weighted by Crippen LogP contribution is 2.38. The quantitative estimate of drug-likeness (QED) is 0.697. The van der Waals surface area contributed by atoms with E-state index < -0.39 is 17.7 Å². The van der Waals surface area contributed by atoms with Crippen molar-refractivity contribution in [2.75, 3.05) is 0 Å². The summed E-state index contributed by atoms with van der Waals surface area (Å²) < 4.78 is 5.39. The number of carbonyl (C=O) groups is 1. The van der Waals surface area contributed by atoms with Gasteiger partial charge in [-0.2, -0.15) is 0 Å². The van der Waals surface area contributed by atoms with E-state index in [0.717, 1.165) is 22.8 Å². The summed E-state index contributed by atoms with van der Waals surface area (Å²) in [5, 5.41) is 11.4. The first kappa shape index (κ1) is 15.3. The van der Waals surface area contributed by atoms with Crippen molar-refractivity contribution in [3.63, 3.8) is 0 Å². The predicted molar refractivity (Wildman–Crippen MR) is 89.6 cm³/mol. The van der Waals surface area contributed by atoms with Crippen molar-refractivity contribution in [2.24, 2.45) is 0 Å². The molecule has 0 amide bonds. The largest absolute Gasteiger partial charge is 0.451 e. The molecule has 0 radical (unpaired) electrons. The fourth-order valence-corrected chi connectivity index (χ4v) is 2.95. The Hall–Kier alpha value is -2.65. The molecule has 0 saturated carbocycles. The number of aliphatic hydroxyl groups is 1. The van der Waals surface area contributed by atoms with Gasteiger partial charge in [0, 0.05) is 12.5 Å². The minimum atomic E-state index is -1.31. The summed E-state index contributed by atoms with van der Waals surface area (Å²) in [7, 11) is 0. The van der Waals surface area contributed by atoms with Gasteiger partial charge in [0.25, 0.3) is 0 Å². The molecule has 0 saturated heterocycles. The summed E-state index contributed by atoms with van der Waals surface area (Å²) in [6, 6.07) is 17.3. The van der Waals surface area contributed by atoms with E-state index in [1.165, 1.54) is 0 Å². The molecule has 0 heterocycles. The van der Waals surface area contributed by atoms with Gasteiger partial charge in [0.05, 0.1) is 0 Å². The van der Waals surface area contributed by atoms with Crippen molar-refractivity contribution in [1.82, 2.24) is 0 Å². The molecule has 2 atom stereocenters. The monoisotopic (exact) mass is 306 g/mol. The van der Waals surface area contributed by atoms with Crippen LogP contribution in [0.5, 0.6) is 0 Å². The Morgan fingerprint density at radius 3 is 2.61 bits per heavy atom. The van der Waals surface area contributed by atoms with Crippen molar-refractivity contribution >= 4 is 12.0 Å². The molecule has 0 bridgehead atoms. The zero-order chi connectivity index (χ0) is 16.3. The Morgan fingerprint density at radius 1 is 1.17 bits per heavy atom. The minimum Gasteiger partial charge on any atom is -0.451 e. The highest BCUT2D eigenvalue weighted by atomic mass is 16.6. The van der Waals surface area contributed by atoms with E-state index >= 15 is 0 Å². The average Bonchev–Trinajstić information content (AvgIpc) is 2.58. The van der Waals surface area contributed by atoms with E-state index in [1.807, 2.05) is 60.7 Å². The predicted octanol–water partition coefficient (Wildman–Crippen LogP) is 3.24. The van der Waals surface area contributed by atoms with Crippen LogP contribution in [0.2, 0.25) is 0 Å². The van der Waals surface area contributed by atoms with Crippen molar-refractivity contribution in [3.8, 4) is 0 Å². The van der Waals surface area contributed by atoms with Crippen molar-refractivity contribution in [3.05, 3.63) is 90.0 Å². The lowest BCUT2D eigenvalue weighted by Crippen LogP contribution is -2.45. The lowest BCUT2D eigenvalue weighted by Gasteiger charge is -2.38. The number of esters is 1. The van der Waals surface area contributed by atoms with Gasteiger partial charge in [-0.15, -0.1) is 0 Å². The Balaban J connectivity index is 2.03. The summed E-state index contributed by atoms with van der Waals surface area (Å²) in [6.07, 6.45) is 4.30. The van der Waals surface area contributed by atoms with Crippen LogP contribution in [0, 0.1) is 0 Å². The standard InChI is InChI=1S/C20H18O3/c1-2-19(21)23-18-13-12-16-10-6-7-11-17(16)20(18,22)14-15-8-4-3-5-9-15/h2-13,18,22H,1,14H2. The molecule has 116 valence electrons. The fourth-order valence-electron chi connectivity index (χ4n) is 2.95. The Morgan fingerprint density at radius 2 is 1.87 bits per heavy atom. The van der Waals surface area contributed by atoms with Gasteiger partial charge in [-0.05, 0) is 22.8 Å². The lowest BCUT2D eigenvalue weighted by atomic mass is 9.77. The smallest absolute Gasteiger partial charge is 0.330 e. The number of fused-ring (bicyclic) bond motifs is 1. The summed E-state index contributed by atoms with van der Waals surface area (Å²) in [4.78, 5) is 11.6. The fraction of sp³-hybridized carbons (Fsp3) is 0.150. The minimum absolute atomic E-state index is 0.351. The highest BCUT2D eigenvalue weighted by Gasteiger charge is 2.42. The molecule has 0 aromatic heterocycles. The number of rotatable bonds is 4. The summed E-state index contributed by atoms with van der Waals surface area (Å²) >= 11 is 0. The molecule has 2 unspecified atom stereocenters. The molecule has 3 rings (SSSR count). The van der Waals surface area contributed by atoms with Crippen LogP contribution in [0.15, 0.2) is 73.3 Å². The second kappa shape index (κ2) is 6.23.